The number of hydrogen-bond donors (Lipinski definition) is 0. The van der Waals surface area contributed by atoms with Gasteiger partial charge >= 0.3 is 0 Å². The van der Waals surface area contributed by atoms with Gasteiger partial charge in [-0.15, -0.1) is 0 Å². The minimum Gasteiger partial charge on any atom is -0.490 e. The Hall–Kier alpha value is -1.83. The molecule has 1 aromatic rings. The summed E-state index contributed by atoms with van der Waals surface area (Å²) in [6.07, 6.45) is 1.00. The van der Waals surface area contributed by atoms with Crippen molar-refractivity contribution in [1.29, 1.82) is 0 Å². The highest BCUT2D eigenvalue weighted by Gasteiger charge is 2.35. The molecule has 7 nitrogen and oxygen atoms in total. The molecule has 0 aliphatic carbocycles. The maximum atomic E-state index is 13.0. The average Bonchev–Trinajstić information content (AvgIpc) is 2.70. The highest BCUT2D eigenvalue weighted by molar-refractivity contribution is 6.30. The smallest absolute Gasteiger partial charge is 0.236 e. The predicted molar refractivity (Wildman–Crippen MR) is 118 cm³/mol. The monoisotopic (exact) mass is 436 g/mol. The van der Waals surface area contributed by atoms with Crippen molar-refractivity contribution in [2.45, 2.75) is 18.9 Å². The van der Waals surface area contributed by atoms with Crippen LogP contribution in [0.2, 0.25) is 5.02 Å². The number of carbonyl (C=O) groups excluding carboxylic acids is 2. The van der Waals surface area contributed by atoms with E-state index in [1.54, 1.807) is 12.1 Å². The van der Waals surface area contributed by atoms with Crippen LogP contribution in [0.5, 0.6) is 5.75 Å². The van der Waals surface area contributed by atoms with Crippen molar-refractivity contribution in [2.75, 3.05) is 67.0 Å². The van der Waals surface area contributed by atoms with Gasteiger partial charge in [-0.25, -0.2) is 0 Å². The van der Waals surface area contributed by atoms with Gasteiger partial charge in [-0.3, -0.25) is 9.59 Å². The standard InChI is InChI=1S/C22H33ClN4O3/c1-24(2)16-22(29)27-9-8-20(30-19-6-4-18(23)5-7-19)17(15-27)14-21(28)26-12-10-25(3)11-13-26/h4-7,17,20H,8-16H2,1-3H3/t17-,20-/m0/s1. The fourth-order valence-electron chi connectivity index (χ4n) is 4.06. The molecular weight excluding hydrogens is 404 g/mol. The van der Waals surface area contributed by atoms with E-state index in [2.05, 4.69) is 11.9 Å². The Morgan fingerprint density at radius 3 is 2.33 bits per heavy atom. The first-order chi connectivity index (χ1) is 14.3. The van der Waals surface area contributed by atoms with Gasteiger partial charge in [0.1, 0.15) is 11.9 Å². The van der Waals surface area contributed by atoms with Gasteiger partial charge in [-0.2, -0.15) is 0 Å². The molecule has 0 radical (unpaired) electrons. The summed E-state index contributed by atoms with van der Waals surface area (Å²) in [4.78, 5) is 33.5. The van der Waals surface area contributed by atoms with E-state index in [4.69, 9.17) is 16.3 Å². The van der Waals surface area contributed by atoms with Gasteiger partial charge in [0.25, 0.3) is 0 Å². The second kappa shape index (κ2) is 10.5. The van der Waals surface area contributed by atoms with Crippen molar-refractivity contribution in [3.8, 4) is 5.75 Å². The number of halogens is 1. The van der Waals surface area contributed by atoms with Crippen molar-refractivity contribution in [2.24, 2.45) is 5.92 Å². The average molecular weight is 437 g/mol. The second-order valence-corrected chi connectivity index (χ2v) is 9.06. The van der Waals surface area contributed by atoms with Gasteiger partial charge in [0, 0.05) is 63.1 Å². The Bertz CT molecular complexity index is 720. The Kier molecular flexibility index (Phi) is 7.97. The van der Waals surface area contributed by atoms with Gasteiger partial charge < -0.3 is 24.3 Å². The van der Waals surface area contributed by atoms with Gasteiger partial charge in [0.15, 0.2) is 0 Å². The molecule has 1 aromatic carbocycles. The first-order valence-electron chi connectivity index (χ1n) is 10.6. The maximum absolute atomic E-state index is 13.0. The number of hydrogen-bond acceptors (Lipinski definition) is 5. The van der Waals surface area contributed by atoms with Crippen LogP contribution in [0.25, 0.3) is 0 Å². The summed E-state index contributed by atoms with van der Waals surface area (Å²) in [6, 6.07) is 7.31. The maximum Gasteiger partial charge on any atom is 0.236 e. The van der Waals surface area contributed by atoms with Crippen LogP contribution in [0.1, 0.15) is 12.8 Å². The summed E-state index contributed by atoms with van der Waals surface area (Å²) >= 11 is 5.99. The molecule has 2 aliphatic rings. The number of ether oxygens (including phenoxy) is 1. The minimum absolute atomic E-state index is 0.0345. The molecule has 0 unspecified atom stereocenters. The van der Waals surface area contributed by atoms with Gasteiger partial charge in [0.05, 0.1) is 6.54 Å². The van der Waals surface area contributed by atoms with Crippen molar-refractivity contribution < 1.29 is 14.3 Å². The molecule has 0 spiro atoms. The highest BCUT2D eigenvalue weighted by Crippen LogP contribution is 2.27. The van der Waals surface area contributed by atoms with Crippen LogP contribution in [0.15, 0.2) is 24.3 Å². The van der Waals surface area contributed by atoms with Gasteiger partial charge in [-0.1, -0.05) is 11.6 Å². The fraction of sp³-hybridized carbons (Fsp3) is 0.636. The summed E-state index contributed by atoms with van der Waals surface area (Å²) in [5.41, 5.74) is 0. The van der Waals surface area contributed by atoms with Crippen LogP contribution in [0.3, 0.4) is 0 Å². The van der Waals surface area contributed by atoms with Gasteiger partial charge in [0.2, 0.25) is 11.8 Å². The summed E-state index contributed by atoms with van der Waals surface area (Å²) in [6.45, 7) is 4.88. The number of piperazine rings is 1. The highest BCUT2D eigenvalue weighted by atomic mass is 35.5. The van der Waals surface area contributed by atoms with E-state index in [0.29, 0.717) is 37.5 Å². The molecule has 0 bridgehead atoms. The number of likely N-dealkylation sites (tertiary alicyclic amines) is 1. The van der Waals surface area contributed by atoms with E-state index in [0.717, 1.165) is 31.9 Å². The summed E-state index contributed by atoms with van der Waals surface area (Å²) < 4.78 is 6.25. The third-order valence-electron chi connectivity index (χ3n) is 5.86. The Morgan fingerprint density at radius 2 is 1.70 bits per heavy atom. The van der Waals surface area contributed by atoms with Crippen molar-refractivity contribution in [3.63, 3.8) is 0 Å². The van der Waals surface area contributed by atoms with Crippen LogP contribution in [0.4, 0.5) is 0 Å². The Labute approximate surface area is 184 Å². The second-order valence-electron chi connectivity index (χ2n) is 8.62. The molecule has 2 aliphatic heterocycles. The lowest BCUT2D eigenvalue weighted by atomic mass is 9.90. The molecule has 2 amide bonds. The number of likely N-dealkylation sites (N-methyl/N-ethyl adjacent to an activating group) is 2. The normalized spacial score (nSPS) is 23.0. The number of amides is 2. The summed E-state index contributed by atoms with van der Waals surface area (Å²) in [7, 11) is 5.86. The molecule has 30 heavy (non-hydrogen) atoms. The SMILES string of the molecule is CN(C)CC(=O)N1CC[C@H](Oc2ccc(Cl)cc2)[C@@H](CC(=O)N2CCN(C)CC2)C1. The molecule has 8 heteroatoms. The zero-order chi connectivity index (χ0) is 21.7. The largest absolute Gasteiger partial charge is 0.490 e. The fourth-order valence-corrected chi connectivity index (χ4v) is 4.18. The Balaban J connectivity index is 1.68. The van der Waals surface area contributed by atoms with E-state index in [9.17, 15) is 9.59 Å². The van der Waals surface area contributed by atoms with E-state index in [-0.39, 0.29) is 23.8 Å². The number of nitrogens with zero attached hydrogens (tertiary/aromatic N) is 4. The first kappa shape index (κ1) is 22.8. The van der Waals surface area contributed by atoms with Crippen LogP contribution < -0.4 is 4.74 Å². The molecule has 0 N–H and O–H groups in total. The molecule has 0 aromatic heterocycles. The number of piperidine rings is 1. The molecule has 2 saturated heterocycles. The van der Waals surface area contributed by atoms with Crippen LogP contribution in [-0.4, -0.2) is 104 Å². The third-order valence-corrected chi connectivity index (χ3v) is 6.11. The summed E-state index contributed by atoms with van der Waals surface area (Å²) in [5.74, 6) is 0.962. The number of benzene rings is 1. The molecule has 2 atom stereocenters. The predicted octanol–water partition coefficient (Wildman–Crippen LogP) is 1.66. The lowest BCUT2D eigenvalue weighted by molar-refractivity contribution is -0.140. The Morgan fingerprint density at radius 1 is 1.03 bits per heavy atom. The van der Waals surface area contributed by atoms with E-state index < -0.39 is 0 Å². The number of carbonyl (C=O) groups is 2. The lowest BCUT2D eigenvalue weighted by Gasteiger charge is -2.40. The first-order valence-corrected chi connectivity index (χ1v) is 11.0. The summed E-state index contributed by atoms with van der Waals surface area (Å²) in [5, 5.41) is 0.660. The number of rotatable bonds is 6. The minimum atomic E-state index is -0.106. The van der Waals surface area contributed by atoms with E-state index in [1.165, 1.54) is 0 Å². The molecule has 2 fully saturated rings. The molecule has 166 valence electrons. The van der Waals surface area contributed by atoms with Crippen LogP contribution in [-0.2, 0) is 9.59 Å². The third kappa shape index (κ3) is 6.33. The van der Waals surface area contributed by atoms with Gasteiger partial charge in [-0.05, 0) is 45.4 Å². The quantitative estimate of drug-likeness (QED) is 0.678. The zero-order valence-electron chi connectivity index (χ0n) is 18.2. The van der Waals surface area contributed by atoms with Crippen LogP contribution in [0, 0.1) is 5.92 Å². The van der Waals surface area contributed by atoms with Crippen LogP contribution >= 0.6 is 11.6 Å². The zero-order valence-corrected chi connectivity index (χ0v) is 19.0. The molecular formula is C22H33ClN4O3. The lowest BCUT2D eigenvalue weighted by Crippen LogP contribution is -2.52. The molecule has 2 heterocycles. The topological polar surface area (TPSA) is 56.3 Å². The van der Waals surface area contributed by atoms with Crippen molar-refractivity contribution in [3.05, 3.63) is 29.3 Å². The van der Waals surface area contributed by atoms with Crippen molar-refractivity contribution >= 4 is 23.4 Å². The van der Waals surface area contributed by atoms with E-state index in [1.807, 2.05) is 40.9 Å². The molecule has 3 rings (SSSR count). The van der Waals surface area contributed by atoms with E-state index >= 15 is 0 Å². The molecule has 0 saturated carbocycles. The van der Waals surface area contributed by atoms with Crippen molar-refractivity contribution in [1.82, 2.24) is 19.6 Å².